The lowest BCUT2D eigenvalue weighted by molar-refractivity contribution is 0.593. The molecule has 0 atom stereocenters. The molecule has 0 nitrogen and oxygen atoms in total. The molecule has 1 aromatic rings. The average Bonchev–Trinajstić information content (AvgIpc) is 2.17. The fourth-order valence-corrected chi connectivity index (χ4v) is 1.59. The Kier molecular flexibility index (Phi) is 3.47. The number of rotatable bonds is 3. The molecule has 0 heterocycles. The van der Waals surface area contributed by atoms with Crippen LogP contribution in [0, 0.1) is 11.9 Å². The molecule has 0 unspecified atom stereocenters. The first-order chi connectivity index (χ1) is 6.24. The van der Waals surface area contributed by atoms with Gasteiger partial charge in [0.1, 0.15) is 5.82 Å². The third kappa shape index (κ3) is 1.90. The third-order valence-corrected chi connectivity index (χ3v) is 2.42. The minimum absolute atomic E-state index is 0.0133. The van der Waals surface area contributed by atoms with E-state index in [-0.39, 0.29) is 5.82 Å². The van der Waals surface area contributed by atoms with Gasteiger partial charge in [0, 0.05) is 0 Å². The number of aryl methyl sites for hydroxylation is 2. The normalized spacial score (nSPS) is 10.5. The molecule has 1 aromatic carbocycles. The molecular weight excluding hydrogens is 163 g/mol. The molecule has 1 heteroatoms. The maximum absolute atomic E-state index is 13.7. The maximum Gasteiger partial charge on any atom is 0.129 e. The summed E-state index contributed by atoms with van der Waals surface area (Å²) in [7, 11) is 0. The fraction of sp³-hybridized carbons (Fsp3) is 0.500. The van der Waals surface area contributed by atoms with Crippen LogP contribution in [0.2, 0.25) is 0 Å². The van der Waals surface area contributed by atoms with E-state index in [0.29, 0.717) is 0 Å². The molecule has 0 aliphatic carbocycles. The zero-order chi connectivity index (χ0) is 9.84. The van der Waals surface area contributed by atoms with Gasteiger partial charge in [-0.05, 0) is 48.1 Å². The first-order valence-electron chi connectivity index (χ1n) is 4.95. The van der Waals surface area contributed by atoms with E-state index in [1.54, 1.807) is 6.07 Å². The Labute approximate surface area is 79.8 Å². The van der Waals surface area contributed by atoms with Crippen molar-refractivity contribution in [3.05, 3.63) is 34.6 Å². The van der Waals surface area contributed by atoms with E-state index < -0.39 is 0 Å². The molecule has 0 amide bonds. The highest BCUT2D eigenvalue weighted by molar-refractivity contribution is 5.33. The van der Waals surface area contributed by atoms with Crippen LogP contribution < -0.4 is 0 Å². The summed E-state index contributed by atoms with van der Waals surface area (Å²) in [6.07, 6.45) is 2.38. The molecule has 1 radical (unpaired) electrons. The van der Waals surface area contributed by atoms with Gasteiger partial charge in [-0.1, -0.05) is 20.8 Å². The van der Waals surface area contributed by atoms with Crippen molar-refractivity contribution in [3.63, 3.8) is 0 Å². The van der Waals surface area contributed by atoms with Crippen LogP contribution in [-0.4, -0.2) is 0 Å². The molecule has 0 saturated carbocycles. The van der Waals surface area contributed by atoms with Gasteiger partial charge in [0.2, 0.25) is 0 Å². The summed E-state index contributed by atoms with van der Waals surface area (Å²) >= 11 is 0. The van der Waals surface area contributed by atoms with Gasteiger partial charge in [-0.2, -0.15) is 0 Å². The second kappa shape index (κ2) is 4.40. The lowest BCUT2D eigenvalue weighted by atomic mass is 9.98. The summed E-state index contributed by atoms with van der Waals surface area (Å²) in [5, 5.41) is 0. The van der Waals surface area contributed by atoms with Crippen molar-refractivity contribution < 1.29 is 4.39 Å². The van der Waals surface area contributed by atoms with E-state index in [2.05, 4.69) is 6.07 Å². The molecule has 0 aliphatic heterocycles. The number of halogens is 1. The van der Waals surface area contributed by atoms with Crippen LogP contribution in [0.25, 0.3) is 0 Å². The Balaban J connectivity index is 3.23. The zero-order valence-electron chi connectivity index (χ0n) is 8.58. The van der Waals surface area contributed by atoms with Crippen LogP contribution >= 0.6 is 0 Å². The van der Waals surface area contributed by atoms with E-state index in [1.807, 2.05) is 20.8 Å². The molecule has 0 N–H and O–H groups in total. The standard InChI is InChI=1S/C12H16F/c1-4-9-7-8-10(5-2)12(13)11(9)6-3/h8H,4-6H2,1-3H3. The SMILES string of the molecule is CCc1[c]cc(CC)c(F)c1CC. The number of hydrogen-bond donors (Lipinski definition) is 0. The Hall–Kier alpha value is -0.850. The molecule has 0 fully saturated rings. The van der Waals surface area contributed by atoms with Crippen LogP contribution in [0.15, 0.2) is 6.07 Å². The van der Waals surface area contributed by atoms with Gasteiger partial charge in [-0.25, -0.2) is 4.39 Å². The van der Waals surface area contributed by atoms with Crippen molar-refractivity contribution in [1.82, 2.24) is 0 Å². The van der Waals surface area contributed by atoms with Gasteiger partial charge in [-0.3, -0.25) is 0 Å². The van der Waals surface area contributed by atoms with Gasteiger partial charge in [0.25, 0.3) is 0 Å². The van der Waals surface area contributed by atoms with Crippen LogP contribution in [0.4, 0.5) is 4.39 Å². The number of benzene rings is 1. The fourth-order valence-electron chi connectivity index (χ4n) is 1.59. The number of hydrogen-bond acceptors (Lipinski definition) is 0. The largest absolute Gasteiger partial charge is 0.206 e. The minimum atomic E-state index is -0.0133. The molecule has 0 saturated heterocycles. The van der Waals surface area contributed by atoms with Crippen molar-refractivity contribution in [2.45, 2.75) is 40.0 Å². The zero-order valence-corrected chi connectivity index (χ0v) is 8.58. The van der Waals surface area contributed by atoms with Crippen LogP contribution in [-0.2, 0) is 19.3 Å². The summed E-state index contributed by atoms with van der Waals surface area (Å²) in [6, 6.07) is 4.94. The highest BCUT2D eigenvalue weighted by atomic mass is 19.1. The van der Waals surface area contributed by atoms with Crippen LogP contribution in [0.3, 0.4) is 0 Å². The lowest BCUT2D eigenvalue weighted by Crippen LogP contribution is -2.00. The third-order valence-electron chi connectivity index (χ3n) is 2.42. The summed E-state index contributed by atoms with van der Waals surface area (Å²) < 4.78 is 13.7. The van der Waals surface area contributed by atoms with Gasteiger partial charge in [0.05, 0.1) is 0 Å². The average molecular weight is 179 g/mol. The second-order valence-electron chi connectivity index (χ2n) is 3.15. The smallest absolute Gasteiger partial charge is 0.129 e. The van der Waals surface area contributed by atoms with Gasteiger partial charge >= 0.3 is 0 Å². The molecular formula is C12H16F. The van der Waals surface area contributed by atoms with Gasteiger partial charge in [-0.15, -0.1) is 0 Å². The van der Waals surface area contributed by atoms with Crippen molar-refractivity contribution in [2.75, 3.05) is 0 Å². The quantitative estimate of drug-likeness (QED) is 0.667. The maximum atomic E-state index is 13.7. The monoisotopic (exact) mass is 179 g/mol. The van der Waals surface area contributed by atoms with E-state index in [9.17, 15) is 4.39 Å². The molecule has 0 bridgehead atoms. The Morgan fingerprint density at radius 1 is 1.15 bits per heavy atom. The van der Waals surface area contributed by atoms with Crippen molar-refractivity contribution in [3.8, 4) is 0 Å². The summed E-state index contributed by atoms with van der Waals surface area (Å²) in [4.78, 5) is 0. The molecule has 1 rings (SSSR count). The Bertz CT molecular complexity index is 289. The summed E-state index contributed by atoms with van der Waals surface area (Å²) in [5.74, 6) is -0.0133. The molecule has 71 valence electrons. The van der Waals surface area contributed by atoms with Gasteiger partial charge < -0.3 is 0 Å². The highest BCUT2D eigenvalue weighted by Gasteiger charge is 2.09. The molecule has 0 spiro atoms. The molecule has 0 aliphatic rings. The van der Waals surface area contributed by atoms with E-state index in [4.69, 9.17) is 0 Å². The van der Waals surface area contributed by atoms with Crippen molar-refractivity contribution in [2.24, 2.45) is 0 Å². The molecule has 0 aromatic heterocycles. The highest BCUT2D eigenvalue weighted by Crippen LogP contribution is 2.19. The van der Waals surface area contributed by atoms with Crippen molar-refractivity contribution >= 4 is 0 Å². The Morgan fingerprint density at radius 3 is 2.31 bits per heavy atom. The first kappa shape index (κ1) is 10.2. The Morgan fingerprint density at radius 2 is 1.85 bits per heavy atom. The minimum Gasteiger partial charge on any atom is -0.206 e. The van der Waals surface area contributed by atoms with E-state index in [0.717, 1.165) is 36.0 Å². The predicted octanol–water partition coefficient (Wildman–Crippen LogP) is 3.31. The summed E-state index contributed by atoms with van der Waals surface area (Å²) in [5.41, 5.74) is 2.66. The first-order valence-corrected chi connectivity index (χ1v) is 4.95. The van der Waals surface area contributed by atoms with Crippen molar-refractivity contribution in [1.29, 1.82) is 0 Å². The van der Waals surface area contributed by atoms with E-state index >= 15 is 0 Å². The molecule has 13 heavy (non-hydrogen) atoms. The predicted molar refractivity (Wildman–Crippen MR) is 53.4 cm³/mol. The van der Waals surface area contributed by atoms with E-state index in [1.165, 1.54) is 0 Å². The van der Waals surface area contributed by atoms with Gasteiger partial charge in [0.15, 0.2) is 0 Å². The summed E-state index contributed by atoms with van der Waals surface area (Å²) in [6.45, 7) is 6.00. The van der Waals surface area contributed by atoms with Crippen LogP contribution in [0.5, 0.6) is 0 Å². The second-order valence-corrected chi connectivity index (χ2v) is 3.15. The lowest BCUT2D eigenvalue weighted by Gasteiger charge is -2.09. The topological polar surface area (TPSA) is 0 Å². The van der Waals surface area contributed by atoms with Crippen LogP contribution in [0.1, 0.15) is 37.5 Å².